The summed E-state index contributed by atoms with van der Waals surface area (Å²) in [5.41, 5.74) is 0.872. The Morgan fingerprint density at radius 1 is 1.00 bits per heavy atom. The molecule has 7 nitrogen and oxygen atoms in total. The first-order valence-corrected chi connectivity index (χ1v) is 9.09. The molecule has 0 saturated carbocycles. The van der Waals surface area contributed by atoms with Gasteiger partial charge in [-0.3, -0.25) is 4.79 Å². The lowest BCUT2D eigenvalue weighted by atomic mass is 10.2. The second-order valence-corrected chi connectivity index (χ2v) is 6.46. The number of rotatable bonds is 5. The Morgan fingerprint density at radius 3 is 2.46 bits per heavy atom. The summed E-state index contributed by atoms with van der Waals surface area (Å²) in [6, 6.07) is 13.8. The van der Waals surface area contributed by atoms with Gasteiger partial charge in [0.15, 0.2) is 11.5 Å². The van der Waals surface area contributed by atoms with Crippen LogP contribution in [-0.2, 0) is 6.54 Å². The highest BCUT2D eigenvalue weighted by Gasteiger charge is 2.20. The first kappa shape index (κ1) is 18.0. The Bertz CT molecular complexity index is 922. The Hall–Kier alpha value is -3.42. The van der Waals surface area contributed by atoms with Crippen LogP contribution in [0.1, 0.15) is 16.2 Å². The number of halogens is 1. The van der Waals surface area contributed by atoms with Gasteiger partial charge in [-0.15, -0.1) is 10.2 Å². The number of furan rings is 1. The minimum atomic E-state index is -0.306. The van der Waals surface area contributed by atoms with E-state index in [1.54, 1.807) is 42.7 Å². The number of para-hydroxylation sites is 1. The summed E-state index contributed by atoms with van der Waals surface area (Å²) in [7, 11) is 0. The molecule has 0 radical (unpaired) electrons. The second kappa shape index (κ2) is 8.08. The van der Waals surface area contributed by atoms with E-state index in [1.165, 1.54) is 6.07 Å². The Balaban J connectivity index is 1.33. The molecule has 1 N–H and O–H groups in total. The number of anilines is 2. The molecule has 0 bridgehead atoms. The molecule has 1 saturated heterocycles. The molecule has 1 amide bonds. The summed E-state index contributed by atoms with van der Waals surface area (Å²) >= 11 is 0. The predicted molar refractivity (Wildman–Crippen MR) is 103 cm³/mol. The van der Waals surface area contributed by atoms with E-state index in [-0.39, 0.29) is 17.4 Å². The molecule has 1 fully saturated rings. The zero-order valence-corrected chi connectivity index (χ0v) is 15.2. The molecule has 3 heterocycles. The number of piperazine rings is 1. The molecule has 1 aliphatic heterocycles. The molecule has 1 aromatic carbocycles. The van der Waals surface area contributed by atoms with Gasteiger partial charge in [0.25, 0.3) is 5.91 Å². The molecule has 144 valence electrons. The van der Waals surface area contributed by atoms with E-state index in [4.69, 9.17) is 4.42 Å². The first-order valence-electron chi connectivity index (χ1n) is 9.09. The molecule has 0 aliphatic carbocycles. The molecule has 8 heteroatoms. The van der Waals surface area contributed by atoms with Crippen LogP contribution in [0.5, 0.6) is 0 Å². The molecule has 4 rings (SSSR count). The molecule has 0 spiro atoms. The Morgan fingerprint density at radius 2 is 1.79 bits per heavy atom. The first-order chi connectivity index (χ1) is 13.7. The number of hydrogen-bond acceptors (Lipinski definition) is 6. The number of aromatic nitrogens is 2. The van der Waals surface area contributed by atoms with Crippen molar-refractivity contribution in [3.63, 3.8) is 0 Å². The summed E-state index contributed by atoms with van der Waals surface area (Å²) in [6.07, 6.45) is 1.56. The second-order valence-electron chi connectivity index (χ2n) is 6.46. The maximum atomic E-state index is 13.9. The number of carbonyl (C=O) groups is 1. The van der Waals surface area contributed by atoms with E-state index < -0.39 is 0 Å². The molecule has 3 aromatic rings. The number of nitrogens with one attached hydrogen (secondary N) is 1. The van der Waals surface area contributed by atoms with Crippen molar-refractivity contribution < 1.29 is 13.6 Å². The molecule has 0 unspecified atom stereocenters. The van der Waals surface area contributed by atoms with Crippen LogP contribution in [0.4, 0.5) is 15.9 Å². The van der Waals surface area contributed by atoms with Crippen LogP contribution in [0.3, 0.4) is 0 Å². The fourth-order valence-electron chi connectivity index (χ4n) is 3.17. The largest absolute Gasteiger partial charge is 0.467 e. The predicted octanol–water partition coefficient (Wildman–Crippen LogP) is 2.47. The summed E-state index contributed by atoms with van der Waals surface area (Å²) in [5.74, 6) is 0.863. The SMILES string of the molecule is O=C(NCc1ccco1)c1ccc(N2CCN(c3ccccc3F)CC2)nn1. The zero-order valence-electron chi connectivity index (χ0n) is 15.2. The van der Waals surface area contributed by atoms with Crippen molar-refractivity contribution >= 4 is 17.4 Å². The van der Waals surface area contributed by atoms with Crippen molar-refractivity contribution in [1.29, 1.82) is 0 Å². The standard InChI is InChI=1S/C20H20FN5O2/c21-16-5-1-2-6-18(16)25-9-11-26(12-10-25)19-8-7-17(23-24-19)20(27)22-14-15-4-3-13-28-15/h1-8,13H,9-12,14H2,(H,22,27). The van der Waals surface area contributed by atoms with Crippen LogP contribution in [0.2, 0.25) is 0 Å². The number of nitrogens with zero attached hydrogens (tertiary/aromatic N) is 4. The van der Waals surface area contributed by atoms with E-state index in [2.05, 4.69) is 20.4 Å². The van der Waals surface area contributed by atoms with Crippen LogP contribution in [0.15, 0.2) is 59.2 Å². The van der Waals surface area contributed by atoms with Gasteiger partial charge in [0.2, 0.25) is 0 Å². The zero-order chi connectivity index (χ0) is 19.3. The topological polar surface area (TPSA) is 74.5 Å². The van der Waals surface area contributed by atoms with Crippen LogP contribution < -0.4 is 15.1 Å². The highest BCUT2D eigenvalue weighted by Crippen LogP contribution is 2.21. The Labute approximate surface area is 161 Å². The lowest BCUT2D eigenvalue weighted by molar-refractivity contribution is 0.0942. The van der Waals surface area contributed by atoms with Crippen LogP contribution in [0.25, 0.3) is 0 Å². The maximum absolute atomic E-state index is 13.9. The van der Waals surface area contributed by atoms with Crippen LogP contribution in [-0.4, -0.2) is 42.3 Å². The quantitative estimate of drug-likeness (QED) is 0.732. The third kappa shape index (κ3) is 3.95. The summed E-state index contributed by atoms with van der Waals surface area (Å²) in [6.45, 7) is 3.08. The van der Waals surface area contributed by atoms with Crippen molar-refractivity contribution in [3.8, 4) is 0 Å². The lowest BCUT2D eigenvalue weighted by Gasteiger charge is -2.36. The van der Waals surface area contributed by atoms with Crippen LogP contribution >= 0.6 is 0 Å². The molecule has 2 aromatic heterocycles. The van der Waals surface area contributed by atoms with Gasteiger partial charge < -0.3 is 19.5 Å². The number of amides is 1. The van der Waals surface area contributed by atoms with Gasteiger partial charge in [0.1, 0.15) is 11.6 Å². The van der Waals surface area contributed by atoms with Crippen molar-refractivity contribution in [2.24, 2.45) is 0 Å². The average Bonchev–Trinajstić information content (AvgIpc) is 3.26. The highest BCUT2D eigenvalue weighted by atomic mass is 19.1. The van der Waals surface area contributed by atoms with Crippen molar-refractivity contribution in [1.82, 2.24) is 15.5 Å². The average molecular weight is 381 g/mol. The molecule has 28 heavy (non-hydrogen) atoms. The summed E-state index contributed by atoms with van der Waals surface area (Å²) < 4.78 is 19.1. The van der Waals surface area contributed by atoms with Crippen molar-refractivity contribution in [2.75, 3.05) is 36.0 Å². The van der Waals surface area contributed by atoms with Gasteiger partial charge in [0.05, 0.1) is 18.5 Å². The van der Waals surface area contributed by atoms with Gasteiger partial charge in [-0.05, 0) is 36.4 Å². The van der Waals surface area contributed by atoms with Gasteiger partial charge in [-0.1, -0.05) is 12.1 Å². The maximum Gasteiger partial charge on any atom is 0.272 e. The van der Waals surface area contributed by atoms with Gasteiger partial charge in [-0.2, -0.15) is 0 Å². The minimum Gasteiger partial charge on any atom is -0.467 e. The van der Waals surface area contributed by atoms with Crippen molar-refractivity contribution in [2.45, 2.75) is 6.54 Å². The third-order valence-corrected chi connectivity index (χ3v) is 4.68. The normalized spacial score (nSPS) is 14.2. The summed E-state index contributed by atoms with van der Waals surface area (Å²) in [5, 5.41) is 11.0. The molecular formula is C20H20FN5O2. The van der Waals surface area contributed by atoms with E-state index in [1.807, 2.05) is 11.0 Å². The van der Waals surface area contributed by atoms with E-state index >= 15 is 0 Å². The molecule has 0 atom stereocenters. The fourth-order valence-corrected chi connectivity index (χ4v) is 3.17. The smallest absolute Gasteiger partial charge is 0.272 e. The van der Waals surface area contributed by atoms with E-state index in [9.17, 15) is 9.18 Å². The summed E-state index contributed by atoms with van der Waals surface area (Å²) in [4.78, 5) is 16.2. The van der Waals surface area contributed by atoms with Crippen LogP contribution in [0, 0.1) is 5.82 Å². The van der Waals surface area contributed by atoms with Crippen molar-refractivity contribution in [3.05, 3.63) is 72.1 Å². The number of carbonyl (C=O) groups excluding carboxylic acids is 1. The number of benzene rings is 1. The van der Waals surface area contributed by atoms with Gasteiger partial charge in [0, 0.05) is 26.2 Å². The van der Waals surface area contributed by atoms with Gasteiger partial charge >= 0.3 is 0 Å². The fraction of sp³-hybridized carbons (Fsp3) is 0.250. The van der Waals surface area contributed by atoms with E-state index in [0.717, 1.165) is 0 Å². The third-order valence-electron chi connectivity index (χ3n) is 4.68. The van der Waals surface area contributed by atoms with Gasteiger partial charge in [-0.25, -0.2) is 4.39 Å². The highest BCUT2D eigenvalue weighted by molar-refractivity contribution is 5.92. The number of hydrogen-bond donors (Lipinski definition) is 1. The molecular weight excluding hydrogens is 361 g/mol. The molecule has 1 aliphatic rings. The lowest BCUT2D eigenvalue weighted by Crippen LogP contribution is -2.47. The van der Waals surface area contributed by atoms with E-state index in [0.29, 0.717) is 50.0 Å². The Kier molecular flexibility index (Phi) is 5.18. The monoisotopic (exact) mass is 381 g/mol. The minimum absolute atomic E-state index is 0.208.